The molecular weight excluding hydrogens is 231 g/mol. The maximum Gasteiger partial charge on any atom is 0.114 e. The molecule has 0 unspecified atom stereocenters. The van der Waals surface area contributed by atoms with Crippen molar-refractivity contribution in [2.45, 2.75) is 6.54 Å². The van der Waals surface area contributed by atoms with E-state index in [1.165, 1.54) is 0 Å². The number of fused-ring (bicyclic) bond motifs is 1. The van der Waals surface area contributed by atoms with Crippen molar-refractivity contribution in [1.29, 1.82) is 0 Å². The van der Waals surface area contributed by atoms with E-state index in [1.54, 1.807) is 0 Å². The van der Waals surface area contributed by atoms with Crippen molar-refractivity contribution < 1.29 is 0 Å². The lowest BCUT2D eigenvalue weighted by Gasteiger charge is -1.99. The van der Waals surface area contributed by atoms with Crippen LogP contribution in [-0.2, 0) is 13.6 Å². The van der Waals surface area contributed by atoms with E-state index in [0.29, 0.717) is 0 Å². The van der Waals surface area contributed by atoms with E-state index >= 15 is 0 Å². The Labute approximate surface area is 98.8 Å². The zero-order chi connectivity index (χ0) is 11.0. The molecule has 0 fully saturated rings. The molecule has 0 saturated heterocycles. The maximum absolute atomic E-state index is 6.25. The lowest BCUT2D eigenvalue weighted by atomic mass is 10.2. The number of nitrogens with one attached hydrogen (secondary N) is 1. The van der Waals surface area contributed by atoms with Crippen LogP contribution >= 0.6 is 23.2 Å². The molecule has 0 bridgehead atoms. The van der Waals surface area contributed by atoms with Gasteiger partial charge in [-0.05, 0) is 19.2 Å². The fourth-order valence-corrected chi connectivity index (χ4v) is 2.38. The second-order valence-electron chi connectivity index (χ2n) is 3.49. The molecule has 4 heteroatoms. The Bertz CT molecular complexity index is 503. The average Bonchev–Trinajstić information content (AvgIpc) is 2.46. The van der Waals surface area contributed by atoms with Gasteiger partial charge in [0.1, 0.15) is 5.15 Å². The topological polar surface area (TPSA) is 17.0 Å². The molecule has 0 spiro atoms. The van der Waals surface area contributed by atoms with Crippen LogP contribution in [0.5, 0.6) is 0 Å². The molecule has 1 N–H and O–H groups in total. The second kappa shape index (κ2) is 4.05. The molecule has 1 heterocycles. The number of aromatic nitrogens is 1. The Morgan fingerprint density at radius 1 is 1.33 bits per heavy atom. The summed E-state index contributed by atoms with van der Waals surface area (Å²) >= 11 is 12.4. The van der Waals surface area contributed by atoms with Gasteiger partial charge in [0.25, 0.3) is 0 Å². The quantitative estimate of drug-likeness (QED) is 0.856. The van der Waals surface area contributed by atoms with E-state index in [1.807, 2.05) is 36.9 Å². The van der Waals surface area contributed by atoms with Gasteiger partial charge < -0.3 is 9.88 Å². The summed E-state index contributed by atoms with van der Waals surface area (Å²) < 4.78 is 1.95. The Morgan fingerprint density at radius 3 is 2.73 bits per heavy atom. The molecule has 1 aromatic heterocycles. The van der Waals surface area contributed by atoms with Gasteiger partial charge in [0, 0.05) is 24.5 Å². The van der Waals surface area contributed by atoms with E-state index in [0.717, 1.165) is 33.2 Å². The first-order valence-corrected chi connectivity index (χ1v) is 5.48. The largest absolute Gasteiger partial charge is 0.334 e. The molecular formula is C11H12Cl2N2. The van der Waals surface area contributed by atoms with Crippen LogP contribution in [0.4, 0.5) is 0 Å². The van der Waals surface area contributed by atoms with Crippen LogP contribution < -0.4 is 5.32 Å². The van der Waals surface area contributed by atoms with Crippen molar-refractivity contribution in [2.24, 2.45) is 7.05 Å². The molecule has 0 saturated carbocycles. The summed E-state index contributed by atoms with van der Waals surface area (Å²) in [6.07, 6.45) is 0. The highest BCUT2D eigenvalue weighted by molar-refractivity contribution is 6.38. The minimum Gasteiger partial charge on any atom is -0.334 e. The van der Waals surface area contributed by atoms with Gasteiger partial charge in [-0.3, -0.25) is 0 Å². The summed E-state index contributed by atoms with van der Waals surface area (Å²) in [5, 5.41) is 5.64. The number of hydrogen-bond acceptors (Lipinski definition) is 1. The number of aryl methyl sites for hydroxylation is 1. The monoisotopic (exact) mass is 242 g/mol. The first-order chi connectivity index (χ1) is 7.16. The molecule has 0 radical (unpaired) electrons. The summed E-state index contributed by atoms with van der Waals surface area (Å²) in [5.74, 6) is 0. The highest BCUT2D eigenvalue weighted by Crippen LogP contribution is 2.33. The minimum absolute atomic E-state index is 0.722. The van der Waals surface area contributed by atoms with E-state index in [2.05, 4.69) is 5.32 Å². The van der Waals surface area contributed by atoms with Gasteiger partial charge in [0.05, 0.1) is 10.5 Å². The average molecular weight is 243 g/mol. The molecule has 0 aliphatic heterocycles. The normalized spacial score (nSPS) is 11.2. The number of halogens is 2. The summed E-state index contributed by atoms with van der Waals surface area (Å²) in [5.41, 5.74) is 2.13. The fourth-order valence-electron chi connectivity index (χ4n) is 1.84. The summed E-state index contributed by atoms with van der Waals surface area (Å²) in [7, 11) is 3.84. The highest BCUT2D eigenvalue weighted by atomic mass is 35.5. The fraction of sp³-hybridized carbons (Fsp3) is 0.273. The van der Waals surface area contributed by atoms with Crippen LogP contribution in [0, 0.1) is 0 Å². The van der Waals surface area contributed by atoms with E-state index in [-0.39, 0.29) is 0 Å². The molecule has 80 valence electrons. The van der Waals surface area contributed by atoms with Crippen molar-refractivity contribution in [1.82, 2.24) is 9.88 Å². The van der Waals surface area contributed by atoms with Gasteiger partial charge >= 0.3 is 0 Å². The Balaban J connectivity index is 2.82. The van der Waals surface area contributed by atoms with Crippen molar-refractivity contribution in [3.05, 3.63) is 33.9 Å². The van der Waals surface area contributed by atoms with Crippen LogP contribution in [0.25, 0.3) is 10.9 Å². The summed E-state index contributed by atoms with van der Waals surface area (Å²) in [6.45, 7) is 0.722. The Kier molecular flexibility index (Phi) is 2.91. The minimum atomic E-state index is 0.722. The Hall–Kier alpha value is -0.700. The molecule has 15 heavy (non-hydrogen) atoms. The molecule has 0 aliphatic rings. The van der Waals surface area contributed by atoms with Crippen molar-refractivity contribution >= 4 is 34.1 Å². The molecule has 0 atom stereocenters. The third-order valence-electron chi connectivity index (χ3n) is 2.55. The third-order valence-corrected chi connectivity index (χ3v) is 3.35. The van der Waals surface area contributed by atoms with Gasteiger partial charge in [0.15, 0.2) is 0 Å². The summed E-state index contributed by atoms with van der Waals surface area (Å²) in [6, 6.07) is 5.84. The number of nitrogens with zero attached hydrogens (tertiary/aromatic N) is 1. The Morgan fingerprint density at radius 2 is 2.07 bits per heavy atom. The zero-order valence-corrected chi connectivity index (χ0v) is 10.2. The molecule has 1 aromatic carbocycles. The first kappa shape index (κ1) is 10.8. The van der Waals surface area contributed by atoms with Gasteiger partial charge in [0.2, 0.25) is 0 Å². The van der Waals surface area contributed by atoms with Gasteiger partial charge in [-0.15, -0.1) is 0 Å². The smallest absolute Gasteiger partial charge is 0.114 e. The predicted molar refractivity (Wildman–Crippen MR) is 65.7 cm³/mol. The van der Waals surface area contributed by atoms with Crippen LogP contribution in [0.15, 0.2) is 18.2 Å². The lowest BCUT2D eigenvalue weighted by Crippen LogP contribution is -2.05. The number of hydrogen-bond donors (Lipinski definition) is 1. The van der Waals surface area contributed by atoms with E-state index in [9.17, 15) is 0 Å². The standard InChI is InChI=1S/C11H12Cl2N2/c1-14-6-7-10-8(12)4-3-5-9(10)15(2)11(7)13/h3-5,14H,6H2,1-2H3. The van der Waals surface area contributed by atoms with E-state index in [4.69, 9.17) is 23.2 Å². The van der Waals surface area contributed by atoms with Crippen molar-refractivity contribution in [2.75, 3.05) is 7.05 Å². The third kappa shape index (κ3) is 1.63. The molecule has 0 aliphatic carbocycles. The zero-order valence-electron chi connectivity index (χ0n) is 8.64. The van der Waals surface area contributed by atoms with Crippen molar-refractivity contribution in [3.8, 4) is 0 Å². The van der Waals surface area contributed by atoms with Gasteiger partial charge in [-0.2, -0.15) is 0 Å². The predicted octanol–water partition coefficient (Wildman–Crippen LogP) is 3.20. The highest BCUT2D eigenvalue weighted by Gasteiger charge is 2.14. The van der Waals surface area contributed by atoms with Crippen LogP contribution in [-0.4, -0.2) is 11.6 Å². The lowest BCUT2D eigenvalue weighted by molar-refractivity contribution is 0.816. The molecule has 0 amide bonds. The molecule has 2 nitrogen and oxygen atoms in total. The van der Waals surface area contributed by atoms with Crippen LogP contribution in [0.2, 0.25) is 10.2 Å². The summed E-state index contributed by atoms with van der Waals surface area (Å²) in [4.78, 5) is 0. The number of benzene rings is 1. The molecule has 2 rings (SSSR count). The first-order valence-electron chi connectivity index (χ1n) is 4.72. The van der Waals surface area contributed by atoms with Gasteiger partial charge in [-0.1, -0.05) is 29.3 Å². The molecule has 2 aromatic rings. The van der Waals surface area contributed by atoms with Crippen LogP contribution in [0.1, 0.15) is 5.56 Å². The number of rotatable bonds is 2. The van der Waals surface area contributed by atoms with E-state index < -0.39 is 0 Å². The maximum atomic E-state index is 6.25. The van der Waals surface area contributed by atoms with Gasteiger partial charge in [-0.25, -0.2) is 0 Å². The second-order valence-corrected chi connectivity index (χ2v) is 4.26. The van der Waals surface area contributed by atoms with Crippen molar-refractivity contribution in [3.63, 3.8) is 0 Å². The SMILES string of the molecule is CNCc1c(Cl)n(C)c2cccc(Cl)c12. The van der Waals surface area contributed by atoms with Crippen LogP contribution in [0.3, 0.4) is 0 Å².